The molecule has 0 N–H and O–H groups in total. The predicted molar refractivity (Wildman–Crippen MR) is 130 cm³/mol. The highest BCUT2D eigenvalue weighted by molar-refractivity contribution is 6.31. The van der Waals surface area contributed by atoms with Crippen molar-refractivity contribution >= 4 is 29.1 Å². The Balaban J connectivity index is 1.25. The summed E-state index contributed by atoms with van der Waals surface area (Å²) >= 11 is 6.61. The summed E-state index contributed by atoms with van der Waals surface area (Å²) in [5, 5.41) is 5.01. The minimum Gasteiger partial charge on any atom is -0.489 e. The molecule has 0 saturated carbocycles. The van der Waals surface area contributed by atoms with E-state index in [4.69, 9.17) is 21.1 Å². The first-order chi connectivity index (χ1) is 17.0. The van der Waals surface area contributed by atoms with Gasteiger partial charge in [0.25, 0.3) is 11.8 Å². The maximum Gasteiger partial charge on any atom is 0.275 e. The molecule has 180 valence electrons. The molecule has 6 rings (SSSR count). The number of rotatable bonds is 4. The number of benzene rings is 2. The van der Waals surface area contributed by atoms with Gasteiger partial charge >= 0.3 is 0 Å². The zero-order chi connectivity index (χ0) is 24.1. The summed E-state index contributed by atoms with van der Waals surface area (Å²) in [6, 6.07) is 15.0. The highest BCUT2D eigenvalue weighted by Gasteiger charge is 2.41. The lowest BCUT2D eigenvalue weighted by molar-refractivity contribution is -0.123. The highest BCUT2D eigenvalue weighted by Crippen LogP contribution is 2.37. The number of likely N-dealkylation sites (N-methyl/N-ethyl adjacent to an activating group) is 1. The van der Waals surface area contributed by atoms with E-state index in [1.54, 1.807) is 21.5 Å². The van der Waals surface area contributed by atoms with Gasteiger partial charge in [-0.05, 0) is 29.7 Å². The molecule has 0 unspecified atom stereocenters. The maximum atomic E-state index is 13.5. The second-order valence-corrected chi connectivity index (χ2v) is 9.55. The van der Waals surface area contributed by atoms with Gasteiger partial charge < -0.3 is 19.3 Å². The van der Waals surface area contributed by atoms with E-state index < -0.39 is 6.04 Å². The average Bonchev–Trinajstić information content (AvgIpc) is 3.09. The molecule has 0 radical (unpaired) electrons. The third-order valence-corrected chi connectivity index (χ3v) is 7.49. The molecule has 3 aromatic rings. The number of anilines is 1. The molecular weight excluding hydrogens is 468 g/mol. The summed E-state index contributed by atoms with van der Waals surface area (Å²) in [4.78, 5) is 30.1. The van der Waals surface area contributed by atoms with E-state index in [-0.39, 0.29) is 18.4 Å². The molecule has 2 aromatic carbocycles. The second-order valence-electron chi connectivity index (χ2n) is 9.20. The normalized spacial score (nSPS) is 20.1. The molecule has 0 spiro atoms. The third-order valence-electron chi connectivity index (χ3n) is 7.07. The smallest absolute Gasteiger partial charge is 0.275 e. The number of amides is 2. The van der Waals surface area contributed by atoms with Crippen LogP contribution in [0.5, 0.6) is 5.75 Å². The van der Waals surface area contributed by atoms with Gasteiger partial charge in [0.1, 0.15) is 23.6 Å². The van der Waals surface area contributed by atoms with Gasteiger partial charge in [0.15, 0.2) is 5.69 Å². The van der Waals surface area contributed by atoms with Crippen LogP contribution >= 0.6 is 11.6 Å². The SMILES string of the molecule is CN1C(=O)[C@@H](N2CCc3c(nn(Cc4ccccc4)c3Cl)C2=O)COc2cc(C3COC3)ccc21. The van der Waals surface area contributed by atoms with Crippen LogP contribution in [0.1, 0.15) is 33.1 Å². The fourth-order valence-electron chi connectivity index (χ4n) is 4.91. The quantitative estimate of drug-likeness (QED) is 0.559. The summed E-state index contributed by atoms with van der Waals surface area (Å²) in [6.07, 6.45) is 0.529. The third kappa shape index (κ3) is 3.77. The number of aromatic nitrogens is 2. The van der Waals surface area contributed by atoms with E-state index in [1.807, 2.05) is 48.5 Å². The first-order valence-corrected chi connectivity index (χ1v) is 12.1. The highest BCUT2D eigenvalue weighted by atomic mass is 35.5. The Hall–Kier alpha value is -3.36. The van der Waals surface area contributed by atoms with Crippen molar-refractivity contribution in [2.45, 2.75) is 24.9 Å². The predicted octanol–water partition coefficient (Wildman–Crippen LogP) is 3.12. The van der Waals surface area contributed by atoms with E-state index in [0.717, 1.165) is 16.7 Å². The number of nitrogens with zero attached hydrogens (tertiary/aromatic N) is 4. The van der Waals surface area contributed by atoms with Crippen molar-refractivity contribution in [3.63, 3.8) is 0 Å². The Bertz CT molecular complexity index is 1300. The molecular formula is C26H25ClN4O4. The van der Waals surface area contributed by atoms with Crippen molar-refractivity contribution in [1.82, 2.24) is 14.7 Å². The summed E-state index contributed by atoms with van der Waals surface area (Å²) < 4.78 is 13.1. The standard InChI is InChI=1S/C26H25ClN4O4/c1-29-20-8-7-17(18-13-34-14-18)11-22(20)35-15-21(25(29)32)30-10-9-19-23(26(30)33)28-31(24(19)27)12-16-5-3-2-4-6-16/h2-8,11,18,21H,9-10,12-15H2,1H3/t21-/m0/s1. The molecule has 2 amide bonds. The van der Waals surface area contributed by atoms with Crippen molar-refractivity contribution in [2.24, 2.45) is 0 Å². The maximum absolute atomic E-state index is 13.5. The summed E-state index contributed by atoms with van der Waals surface area (Å²) in [5.41, 5.74) is 3.91. The van der Waals surface area contributed by atoms with Gasteiger partial charge in [-0.2, -0.15) is 5.10 Å². The van der Waals surface area contributed by atoms with Crippen LogP contribution < -0.4 is 9.64 Å². The van der Waals surface area contributed by atoms with Gasteiger partial charge in [0.2, 0.25) is 0 Å². The van der Waals surface area contributed by atoms with Crippen molar-refractivity contribution < 1.29 is 19.1 Å². The van der Waals surface area contributed by atoms with Crippen LogP contribution in [0.25, 0.3) is 0 Å². The molecule has 1 atom stereocenters. The van der Waals surface area contributed by atoms with Crippen LogP contribution in [-0.4, -0.2) is 65.9 Å². The zero-order valence-corrected chi connectivity index (χ0v) is 20.1. The Morgan fingerprint density at radius 3 is 2.63 bits per heavy atom. The minimum atomic E-state index is -0.749. The lowest BCUT2D eigenvalue weighted by Crippen LogP contribution is -2.54. The molecule has 0 aliphatic carbocycles. The second kappa shape index (κ2) is 8.70. The Labute approximate surface area is 208 Å². The van der Waals surface area contributed by atoms with Crippen LogP contribution in [-0.2, 0) is 22.5 Å². The van der Waals surface area contributed by atoms with Crippen LogP contribution in [0.4, 0.5) is 5.69 Å². The fraction of sp³-hybridized carbons (Fsp3) is 0.346. The summed E-state index contributed by atoms with van der Waals surface area (Å²) in [6.45, 7) is 2.32. The number of carbonyl (C=O) groups excluding carboxylic acids is 2. The molecule has 0 bridgehead atoms. The Morgan fingerprint density at radius 1 is 1.09 bits per heavy atom. The zero-order valence-electron chi connectivity index (χ0n) is 19.3. The molecule has 1 fully saturated rings. The minimum absolute atomic E-state index is 0.0837. The van der Waals surface area contributed by atoms with Gasteiger partial charge in [-0.3, -0.25) is 9.59 Å². The number of fused-ring (bicyclic) bond motifs is 2. The summed E-state index contributed by atoms with van der Waals surface area (Å²) in [7, 11) is 1.72. The van der Waals surface area contributed by atoms with Crippen molar-refractivity contribution in [3.05, 3.63) is 76.1 Å². The molecule has 4 heterocycles. The summed E-state index contributed by atoms with van der Waals surface area (Å²) in [5.74, 6) is 0.513. The largest absolute Gasteiger partial charge is 0.489 e. The molecule has 3 aliphatic heterocycles. The van der Waals surface area contributed by atoms with E-state index in [2.05, 4.69) is 5.10 Å². The molecule has 3 aliphatic rings. The van der Waals surface area contributed by atoms with Crippen molar-refractivity contribution in [1.29, 1.82) is 0 Å². The van der Waals surface area contributed by atoms with E-state index >= 15 is 0 Å². The number of hydrogen-bond acceptors (Lipinski definition) is 5. The average molecular weight is 493 g/mol. The first-order valence-electron chi connectivity index (χ1n) is 11.7. The number of ether oxygens (including phenoxy) is 2. The lowest BCUT2D eigenvalue weighted by atomic mass is 9.97. The Morgan fingerprint density at radius 2 is 1.89 bits per heavy atom. The van der Waals surface area contributed by atoms with Gasteiger partial charge in [-0.1, -0.05) is 48.0 Å². The lowest BCUT2D eigenvalue weighted by Gasteiger charge is -2.33. The van der Waals surface area contributed by atoms with Crippen LogP contribution in [0, 0.1) is 0 Å². The monoisotopic (exact) mass is 492 g/mol. The van der Waals surface area contributed by atoms with Crippen molar-refractivity contribution in [3.8, 4) is 5.75 Å². The topological polar surface area (TPSA) is 76.9 Å². The first kappa shape index (κ1) is 22.1. The van der Waals surface area contributed by atoms with Crippen LogP contribution in [0.3, 0.4) is 0 Å². The van der Waals surface area contributed by atoms with Gasteiger partial charge in [0, 0.05) is 25.1 Å². The van der Waals surface area contributed by atoms with Crippen molar-refractivity contribution in [2.75, 3.05) is 38.3 Å². The molecule has 35 heavy (non-hydrogen) atoms. The molecule has 8 nitrogen and oxygen atoms in total. The van der Waals surface area contributed by atoms with Gasteiger partial charge in [-0.25, -0.2) is 4.68 Å². The fourth-order valence-corrected chi connectivity index (χ4v) is 5.19. The van der Waals surface area contributed by atoms with Gasteiger partial charge in [-0.15, -0.1) is 0 Å². The number of hydrogen-bond donors (Lipinski definition) is 0. The Kier molecular flexibility index (Phi) is 5.50. The van der Waals surface area contributed by atoms with Crippen LogP contribution in [0.2, 0.25) is 5.15 Å². The van der Waals surface area contributed by atoms with Crippen LogP contribution in [0.15, 0.2) is 48.5 Å². The molecule has 1 aromatic heterocycles. The van der Waals surface area contributed by atoms with E-state index in [9.17, 15) is 9.59 Å². The number of carbonyl (C=O) groups is 2. The van der Waals surface area contributed by atoms with Gasteiger partial charge in [0.05, 0.1) is 25.4 Å². The number of halogens is 1. The molecule has 1 saturated heterocycles. The molecule has 9 heteroatoms. The van der Waals surface area contributed by atoms with E-state index in [0.29, 0.717) is 60.9 Å². The van der Waals surface area contributed by atoms with E-state index in [1.165, 1.54) is 0 Å².